The Morgan fingerprint density at radius 1 is 0.697 bits per heavy atom. The molecule has 3 rings (SSSR count). The maximum atomic E-state index is 10.5. The summed E-state index contributed by atoms with van der Waals surface area (Å²) in [5.74, 6) is 0.498. The van der Waals surface area contributed by atoms with E-state index in [1.165, 1.54) is 0 Å². The number of halogens is 2. The average Bonchev–Trinajstić information content (AvgIpc) is 2.75. The maximum absolute atomic E-state index is 10.5. The van der Waals surface area contributed by atoms with Gasteiger partial charge in [0.25, 0.3) is 0 Å². The van der Waals surface area contributed by atoms with Crippen molar-refractivity contribution in [1.29, 1.82) is 0 Å². The van der Waals surface area contributed by atoms with Gasteiger partial charge < -0.3 is 10.2 Å². The first-order valence-corrected chi connectivity index (χ1v) is 14.7. The van der Waals surface area contributed by atoms with Gasteiger partial charge in [-0.1, -0.05) is 24.3 Å². The Bertz CT molecular complexity index is 1110. The summed E-state index contributed by atoms with van der Waals surface area (Å²) in [4.78, 5) is 9.53. The number of hydrogen-bond acceptors (Lipinski definition) is 4. The van der Waals surface area contributed by atoms with Crippen LogP contribution in [0.4, 0.5) is 11.4 Å². The molecular weight excluding hydrogens is 491 g/mol. The fraction of sp³-hybridized carbons (Fsp3) is 0.231. The molecule has 0 aliphatic heterocycles. The van der Waals surface area contributed by atoms with E-state index in [1.54, 1.807) is 0 Å². The number of para-hydroxylation sites is 2. The van der Waals surface area contributed by atoms with E-state index in [9.17, 15) is 10.2 Å². The van der Waals surface area contributed by atoms with Gasteiger partial charge in [0.15, 0.2) is 0 Å². The Labute approximate surface area is 212 Å². The van der Waals surface area contributed by atoms with E-state index in [-0.39, 0.29) is 11.5 Å². The van der Waals surface area contributed by atoms with Crippen molar-refractivity contribution in [1.82, 2.24) is 0 Å². The number of benzene rings is 3. The summed E-state index contributed by atoms with van der Waals surface area (Å²) < 4.78 is 0. The number of aryl methyl sites for hydroxylation is 4. The van der Waals surface area contributed by atoms with Gasteiger partial charge in [-0.05, 0) is 88.1 Å². The van der Waals surface area contributed by atoms with Crippen molar-refractivity contribution in [2.45, 2.75) is 41.5 Å². The Balaban J connectivity index is 0.00000122. The predicted octanol–water partition coefficient (Wildman–Crippen LogP) is 7.99. The summed E-state index contributed by atoms with van der Waals surface area (Å²) in [6.07, 6.45) is 0. The second-order valence-electron chi connectivity index (χ2n) is 7.91. The molecule has 7 heteroatoms. The summed E-state index contributed by atoms with van der Waals surface area (Å²) in [7, 11) is 9.78. The van der Waals surface area contributed by atoms with Crippen LogP contribution in [0.5, 0.6) is 11.5 Å². The molecule has 3 aromatic rings. The summed E-state index contributed by atoms with van der Waals surface area (Å²) in [6, 6.07) is 15.4. The van der Waals surface area contributed by atoms with Gasteiger partial charge in [-0.2, -0.15) is 0 Å². The van der Waals surface area contributed by atoms with Crippen LogP contribution in [0.2, 0.25) is 0 Å². The number of aliphatic imine (C=N–C) groups is 2. The van der Waals surface area contributed by atoms with Gasteiger partial charge in [-0.25, -0.2) is 0 Å². The molecule has 172 valence electrons. The van der Waals surface area contributed by atoms with Crippen molar-refractivity contribution in [2.75, 3.05) is 0 Å². The van der Waals surface area contributed by atoms with E-state index in [0.29, 0.717) is 22.8 Å². The quantitative estimate of drug-likeness (QED) is 0.271. The molecule has 0 heterocycles. The molecule has 0 spiro atoms. The zero-order valence-corrected chi connectivity index (χ0v) is 22.7. The molecule has 0 bridgehead atoms. The summed E-state index contributed by atoms with van der Waals surface area (Å²) in [6.45, 7) is 11.5. The second-order valence-corrected chi connectivity index (χ2v) is 10.5. The fourth-order valence-corrected chi connectivity index (χ4v) is 3.61. The zero-order valence-electron chi connectivity index (χ0n) is 19.7. The third-order valence-corrected chi connectivity index (χ3v) is 5.13. The van der Waals surface area contributed by atoms with E-state index in [0.717, 1.165) is 33.4 Å². The van der Waals surface area contributed by atoms with Crippen LogP contribution in [0.15, 0.2) is 58.5 Å². The molecule has 0 radical (unpaired) electrons. The van der Waals surface area contributed by atoms with Crippen LogP contribution >= 0.6 is 18.6 Å². The van der Waals surface area contributed by atoms with Crippen molar-refractivity contribution in [3.63, 3.8) is 0 Å². The third kappa shape index (κ3) is 7.19. The molecule has 0 aliphatic carbocycles. The molecule has 0 atom stereocenters. The molecular formula is C26H28Cl2N2O2Ti. The van der Waals surface area contributed by atoms with Crippen LogP contribution < -0.4 is 0 Å². The summed E-state index contributed by atoms with van der Waals surface area (Å²) in [5, 5.41) is 21.0. The molecule has 0 saturated heterocycles. The third-order valence-electron chi connectivity index (χ3n) is 5.13. The normalized spacial score (nSPS) is 11.6. The summed E-state index contributed by atoms with van der Waals surface area (Å²) >= 11 is -0.556. The summed E-state index contributed by atoms with van der Waals surface area (Å²) in [5.41, 5.74) is 8.07. The van der Waals surface area contributed by atoms with Crippen LogP contribution in [-0.2, 0) is 17.0 Å². The average molecular weight is 519 g/mol. The van der Waals surface area contributed by atoms with Gasteiger partial charge in [-0.15, -0.1) is 0 Å². The van der Waals surface area contributed by atoms with Crippen molar-refractivity contribution >= 4 is 41.4 Å². The van der Waals surface area contributed by atoms with Crippen LogP contribution in [-0.4, -0.2) is 21.6 Å². The van der Waals surface area contributed by atoms with Crippen LogP contribution in [0, 0.1) is 27.7 Å². The molecule has 0 saturated carbocycles. The van der Waals surface area contributed by atoms with Gasteiger partial charge >= 0.3 is 35.6 Å². The van der Waals surface area contributed by atoms with Gasteiger partial charge in [0, 0.05) is 22.6 Å². The zero-order chi connectivity index (χ0) is 24.7. The molecule has 0 aromatic heterocycles. The molecule has 0 amide bonds. The topological polar surface area (TPSA) is 65.2 Å². The molecule has 3 aromatic carbocycles. The van der Waals surface area contributed by atoms with Gasteiger partial charge in [-0.3, -0.25) is 9.98 Å². The second kappa shape index (κ2) is 12.4. The number of aromatic hydroxyl groups is 2. The number of rotatable bonds is 4. The molecule has 33 heavy (non-hydrogen) atoms. The van der Waals surface area contributed by atoms with E-state index >= 15 is 0 Å². The van der Waals surface area contributed by atoms with Crippen molar-refractivity contribution in [2.24, 2.45) is 9.98 Å². The van der Waals surface area contributed by atoms with E-state index in [2.05, 4.69) is 0 Å². The molecule has 0 unspecified atom stereocenters. The minimum absolute atomic E-state index is 0.249. The molecule has 4 nitrogen and oxygen atoms in total. The van der Waals surface area contributed by atoms with Gasteiger partial charge in [0.1, 0.15) is 11.5 Å². The first kappa shape index (κ1) is 27.1. The van der Waals surface area contributed by atoms with Gasteiger partial charge in [0.2, 0.25) is 0 Å². The van der Waals surface area contributed by atoms with E-state index in [4.69, 9.17) is 28.6 Å². The Kier molecular flexibility index (Phi) is 10.2. The van der Waals surface area contributed by atoms with Crippen molar-refractivity contribution in [3.8, 4) is 11.5 Å². The van der Waals surface area contributed by atoms with E-state index < -0.39 is 17.0 Å². The van der Waals surface area contributed by atoms with Gasteiger partial charge in [0.05, 0.1) is 11.4 Å². The van der Waals surface area contributed by atoms with E-state index in [1.807, 2.05) is 90.1 Å². The van der Waals surface area contributed by atoms with Crippen LogP contribution in [0.25, 0.3) is 0 Å². The van der Waals surface area contributed by atoms with Crippen LogP contribution in [0.3, 0.4) is 0 Å². The number of hydrogen-bond donors (Lipinski definition) is 2. The Morgan fingerprint density at radius 3 is 1.36 bits per heavy atom. The number of phenols is 2. The molecule has 0 fully saturated rings. The first-order valence-electron chi connectivity index (χ1n) is 10.4. The number of phenolic OH excluding ortho intramolecular Hbond substituents is 2. The predicted molar refractivity (Wildman–Crippen MR) is 137 cm³/mol. The SMILES string of the molecule is CC(=Nc1ccccc1N=C(C)c1cc(C)cc(C)c1O)c1cc(C)cc(C)c1O.[Cl][Ti][Cl]. The minimum atomic E-state index is -0.556. The molecule has 0 aliphatic rings. The standard InChI is InChI=1S/C26H28N2O2.2ClH.Ti/c1-15-11-17(3)25(29)21(13-15)19(5)27-23-9-7-8-10-24(23)28-20(6)22-14-16(2)12-18(4)26(22)30;;;/h7-14,29-30H,1-6H3;2*1H;/q;;;+2/p-2. The van der Waals surface area contributed by atoms with Crippen molar-refractivity contribution in [3.05, 3.63) is 81.9 Å². The fourth-order valence-electron chi connectivity index (χ4n) is 3.61. The van der Waals surface area contributed by atoms with Crippen LogP contribution in [0.1, 0.15) is 47.2 Å². The Hall–Kier alpha value is -2.11. The Morgan fingerprint density at radius 2 is 1.03 bits per heavy atom. The monoisotopic (exact) mass is 518 g/mol. The first-order chi connectivity index (χ1) is 15.6. The molecule has 2 N–H and O–H groups in total. The van der Waals surface area contributed by atoms with Crippen molar-refractivity contribution < 1.29 is 27.2 Å². The number of nitrogens with zero attached hydrogens (tertiary/aromatic N) is 2.